The van der Waals surface area contributed by atoms with Crippen molar-refractivity contribution in [2.45, 2.75) is 25.8 Å². The minimum absolute atomic E-state index is 0.000261. The van der Waals surface area contributed by atoms with Crippen molar-refractivity contribution in [1.29, 1.82) is 0 Å². The van der Waals surface area contributed by atoms with E-state index < -0.39 is 16.6 Å². The first kappa shape index (κ1) is 14.5. The van der Waals surface area contributed by atoms with Gasteiger partial charge >= 0.3 is 5.97 Å². The number of anilines is 1. The van der Waals surface area contributed by atoms with Gasteiger partial charge in [0.2, 0.25) is 0 Å². The van der Waals surface area contributed by atoms with Crippen LogP contribution in [0.2, 0.25) is 0 Å². The molecule has 0 bridgehead atoms. The summed E-state index contributed by atoms with van der Waals surface area (Å²) in [4.78, 5) is 21.0. The summed E-state index contributed by atoms with van der Waals surface area (Å²) in [6.07, 6.45) is 6.48. The Hall–Kier alpha value is -2.55. The summed E-state index contributed by atoms with van der Waals surface area (Å²) in [6, 6.07) is 3.92. The van der Waals surface area contributed by atoms with E-state index in [1.165, 1.54) is 18.2 Å². The van der Waals surface area contributed by atoms with Gasteiger partial charge in [-0.3, -0.25) is 10.1 Å². The van der Waals surface area contributed by atoms with Gasteiger partial charge in [0.15, 0.2) is 0 Å². The predicted octanol–water partition coefficient (Wildman–Crippen LogP) is 2.51. The molecule has 0 spiro atoms. The lowest BCUT2D eigenvalue weighted by atomic mass is 10.1. The van der Waals surface area contributed by atoms with E-state index in [0.29, 0.717) is 12.1 Å². The number of hydrogen-bond acceptors (Lipinski definition) is 4. The maximum absolute atomic E-state index is 10.9. The van der Waals surface area contributed by atoms with Crippen LogP contribution in [-0.4, -0.2) is 22.0 Å². The zero-order valence-electron chi connectivity index (χ0n) is 10.4. The van der Waals surface area contributed by atoms with Gasteiger partial charge in [0.1, 0.15) is 5.56 Å². The van der Waals surface area contributed by atoms with Crippen LogP contribution in [0.25, 0.3) is 0 Å². The highest BCUT2D eigenvalue weighted by molar-refractivity contribution is 5.93. The van der Waals surface area contributed by atoms with Crippen molar-refractivity contribution in [2.24, 2.45) is 0 Å². The molecular formula is C13H14N2O4. The number of nitrogens with zero attached hydrogens (tertiary/aromatic N) is 1. The van der Waals surface area contributed by atoms with E-state index in [-0.39, 0.29) is 11.6 Å². The van der Waals surface area contributed by atoms with Crippen LogP contribution in [0, 0.1) is 22.5 Å². The third-order valence-corrected chi connectivity index (χ3v) is 2.65. The minimum Gasteiger partial charge on any atom is -0.477 e. The molecule has 0 amide bonds. The van der Waals surface area contributed by atoms with Crippen LogP contribution in [0.5, 0.6) is 0 Å². The molecule has 2 N–H and O–H groups in total. The summed E-state index contributed by atoms with van der Waals surface area (Å²) in [7, 11) is 0. The van der Waals surface area contributed by atoms with E-state index in [1.807, 2.05) is 6.92 Å². The third-order valence-electron chi connectivity index (χ3n) is 2.65. The monoisotopic (exact) mass is 262 g/mol. The van der Waals surface area contributed by atoms with E-state index in [9.17, 15) is 14.9 Å². The molecule has 1 unspecified atom stereocenters. The lowest BCUT2D eigenvalue weighted by Gasteiger charge is -2.15. The molecule has 0 aromatic heterocycles. The molecule has 100 valence electrons. The van der Waals surface area contributed by atoms with E-state index in [1.54, 1.807) is 0 Å². The van der Waals surface area contributed by atoms with Gasteiger partial charge in [-0.25, -0.2) is 4.79 Å². The van der Waals surface area contributed by atoms with Crippen LogP contribution in [-0.2, 0) is 0 Å². The molecule has 1 rings (SSSR count). The van der Waals surface area contributed by atoms with Gasteiger partial charge in [-0.1, -0.05) is 6.92 Å². The van der Waals surface area contributed by atoms with Gasteiger partial charge in [0, 0.05) is 24.2 Å². The van der Waals surface area contributed by atoms with E-state index >= 15 is 0 Å². The zero-order valence-corrected chi connectivity index (χ0v) is 10.4. The molecule has 1 aromatic carbocycles. The third kappa shape index (κ3) is 3.71. The number of hydrogen-bond donors (Lipinski definition) is 2. The minimum atomic E-state index is -1.33. The molecule has 1 atom stereocenters. The maximum Gasteiger partial charge on any atom is 0.342 e. The first-order chi connectivity index (χ1) is 8.99. The number of nitro groups is 1. The van der Waals surface area contributed by atoms with E-state index in [0.717, 1.165) is 6.42 Å². The molecule has 0 fully saturated rings. The fourth-order valence-corrected chi connectivity index (χ4v) is 1.63. The predicted molar refractivity (Wildman–Crippen MR) is 71.2 cm³/mol. The van der Waals surface area contributed by atoms with Gasteiger partial charge < -0.3 is 10.4 Å². The van der Waals surface area contributed by atoms with E-state index in [4.69, 9.17) is 11.5 Å². The van der Waals surface area contributed by atoms with Crippen molar-refractivity contribution >= 4 is 17.3 Å². The van der Waals surface area contributed by atoms with Crippen LogP contribution in [0.4, 0.5) is 11.4 Å². The lowest BCUT2D eigenvalue weighted by molar-refractivity contribution is -0.385. The fraction of sp³-hybridized carbons (Fsp3) is 0.308. The number of rotatable bonds is 6. The summed E-state index contributed by atoms with van der Waals surface area (Å²) in [5, 5.41) is 22.8. The normalized spacial score (nSPS) is 11.4. The van der Waals surface area contributed by atoms with Crippen molar-refractivity contribution < 1.29 is 14.8 Å². The summed E-state index contributed by atoms with van der Waals surface area (Å²) in [5.74, 6) is 1.19. The van der Waals surface area contributed by atoms with Crippen molar-refractivity contribution in [1.82, 2.24) is 0 Å². The van der Waals surface area contributed by atoms with Crippen LogP contribution in [0.15, 0.2) is 18.2 Å². The Kier molecular flexibility index (Phi) is 4.89. The molecule has 0 saturated carbocycles. The maximum atomic E-state index is 10.9. The number of nitrogens with one attached hydrogen (secondary N) is 1. The number of terminal acetylenes is 1. The highest BCUT2D eigenvalue weighted by Gasteiger charge is 2.20. The number of carboxylic acids is 1. The summed E-state index contributed by atoms with van der Waals surface area (Å²) < 4.78 is 0. The number of aromatic carboxylic acids is 1. The molecule has 0 heterocycles. The van der Waals surface area contributed by atoms with Gasteiger partial charge in [-0.15, -0.1) is 12.3 Å². The number of carbonyl (C=O) groups is 1. The Morgan fingerprint density at radius 1 is 1.63 bits per heavy atom. The van der Waals surface area contributed by atoms with Gasteiger partial charge in [-0.05, 0) is 18.6 Å². The van der Waals surface area contributed by atoms with Crippen molar-refractivity contribution in [3.05, 3.63) is 33.9 Å². The Morgan fingerprint density at radius 3 is 2.79 bits per heavy atom. The Labute approximate surface area is 110 Å². The average Bonchev–Trinajstić information content (AvgIpc) is 2.37. The lowest BCUT2D eigenvalue weighted by Crippen LogP contribution is -2.17. The largest absolute Gasteiger partial charge is 0.477 e. The second kappa shape index (κ2) is 6.40. The molecule has 19 heavy (non-hydrogen) atoms. The summed E-state index contributed by atoms with van der Waals surface area (Å²) in [6.45, 7) is 1.94. The van der Waals surface area contributed by atoms with Crippen molar-refractivity contribution in [3.63, 3.8) is 0 Å². The van der Waals surface area contributed by atoms with Crippen molar-refractivity contribution in [3.8, 4) is 12.3 Å². The fourth-order valence-electron chi connectivity index (χ4n) is 1.63. The molecular weight excluding hydrogens is 248 g/mol. The second-order valence-electron chi connectivity index (χ2n) is 3.95. The number of nitro benzene ring substituents is 1. The first-order valence-electron chi connectivity index (χ1n) is 5.71. The van der Waals surface area contributed by atoms with Gasteiger partial charge in [-0.2, -0.15) is 0 Å². The quantitative estimate of drug-likeness (QED) is 0.467. The standard InChI is InChI=1S/C13H14N2O4/c1-3-5-9(4-2)14-10-6-7-11(13(16)17)12(8-10)15(18)19/h1,6-9,14H,4-5H2,2H3,(H,16,17). The van der Waals surface area contributed by atoms with Gasteiger partial charge in [0.25, 0.3) is 5.69 Å². The van der Waals surface area contributed by atoms with Crippen molar-refractivity contribution in [2.75, 3.05) is 5.32 Å². The Morgan fingerprint density at radius 2 is 2.32 bits per heavy atom. The smallest absolute Gasteiger partial charge is 0.342 e. The van der Waals surface area contributed by atoms with E-state index in [2.05, 4.69) is 11.2 Å². The first-order valence-corrected chi connectivity index (χ1v) is 5.71. The Bertz CT molecular complexity index is 534. The molecule has 6 nitrogen and oxygen atoms in total. The van der Waals surface area contributed by atoms with Crippen LogP contribution in [0.1, 0.15) is 30.1 Å². The highest BCUT2D eigenvalue weighted by Crippen LogP contribution is 2.24. The molecule has 0 radical (unpaired) electrons. The van der Waals surface area contributed by atoms with Crippen LogP contribution in [0.3, 0.4) is 0 Å². The van der Waals surface area contributed by atoms with Crippen LogP contribution >= 0.6 is 0 Å². The SMILES string of the molecule is C#CCC(CC)Nc1ccc(C(=O)O)c([N+](=O)[O-])c1. The number of benzene rings is 1. The molecule has 0 saturated heterocycles. The summed E-state index contributed by atoms with van der Waals surface area (Å²) >= 11 is 0. The molecule has 1 aromatic rings. The molecule has 6 heteroatoms. The molecule has 0 aliphatic carbocycles. The average molecular weight is 262 g/mol. The topological polar surface area (TPSA) is 92.5 Å². The van der Waals surface area contributed by atoms with Gasteiger partial charge in [0.05, 0.1) is 4.92 Å². The molecule has 0 aliphatic heterocycles. The zero-order chi connectivity index (χ0) is 14.4. The summed E-state index contributed by atoms with van der Waals surface area (Å²) in [5.41, 5.74) is -0.285. The molecule has 0 aliphatic rings. The Balaban J connectivity index is 3.05. The second-order valence-corrected chi connectivity index (χ2v) is 3.95. The number of carboxylic acid groups (broad SMARTS) is 1. The highest BCUT2D eigenvalue weighted by atomic mass is 16.6. The van der Waals surface area contributed by atoms with Crippen LogP contribution < -0.4 is 5.32 Å².